The Labute approximate surface area is 144 Å². The van der Waals surface area contributed by atoms with Crippen LogP contribution in [0.5, 0.6) is 0 Å². The Morgan fingerprint density at radius 3 is 2.88 bits per heavy atom. The number of hydrogen-bond acceptors (Lipinski definition) is 5. The molecule has 1 aromatic carbocycles. The van der Waals surface area contributed by atoms with Gasteiger partial charge in [-0.15, -0.1) is 5.10 Å². The third kappa shape index (κ3) is 3.78. The molecule has 122 valence electrons. The number of nitrogens with zero attached hydrogens (tertiary/aromatic N) is 4. The lowest BCUT2D eigenvalue weighted by atomic mass is 10.1. The van der Waals surface area contributed by atoms with Crippen LogP contribution in [-0.4, -0.2) is 25.9 Å². The Bertz CT molecular complexity index is 835. The highest BCUT2D eigenvalue weighted by Crippen LogP contribution is 2.25. The third-order valence-electron chi connectivity index (χ3n) is 3.44. The van der Waals surface area contributed by atoms with Crippen LogP contribution in [0.1, 0.15) is 34.6 Å². The summed E-state index contributed by atoms with van der Waals surface area (Å²) in [6.07, 6.45) is 4.51. The molecule has 0 fully saturated rings. The number of ether oxygens (including phenoxy) is 1. The van der Waals surface area contributed by atoms with Gasteiger partial charge in [-0.05, 0) is 24.6 Å². The van der Waals surface area contributed by atoms with Crippen LogP contribution in [0.25, 0.3) is 0 Å². The summed E-state index contributed by atoms with van der Waals surface area (Å²) in [4.78, 5) is 16.3. The average molecular weight is 343 g/mol. The van der Waals surface area contributed by atoms with Gasteiger partial charge in [-0.2, -0.15) is 0 Å². The quantitative estimate of drug-likeness (QED) is 0.665. The van der Waals surface area contributed by atoms with Gasteiger partial charge in [0.2, 0.25) is 0 Å². The molecular formula is C17H15ClN4O2. The van der Waals surface area contributed by atoms with Crippen molar-refractivity contribution in [2.75, 3.05) is 0 Å². The lowest BCUT2D eigenvalue weighted by molar-refractivity contribution is 0.0331. The van der Waals surface area contributed by atoms with E-state index in [1.165, 1.54) is 0 Å². The van der Waals surface area contributed by atoms with Gasteiger partial charge >= 0.3 is 5.97 Å². The molecule has 24 heavy (non-hydrogen) atoms. The molecule has 0 aliphatic carbocycles. The lowest BCUT2D eigenvalue weighted by Crippen LogP contribution is -2.10. The van der Waals surface area contributed by atoms with E-state index in [0.717, 1.165) is 11.1 Å². The Hall–Kier alpha value is -2.73. The van der Waals surface area contributed by atoms with Crippen LogP contribution in [0.15, 0.2) is 55.0 Å². The van der Waals surface area contributed by atoms with Crippen LogP contribution in [0.4, 0.5) is 0 Å². The summed E-state index contributed by atoms with van der Waals surface area (Å²) >= 11 is 6.11. The highest BCUT2D eigenvalue weighted by Gasteiger charge is 2.18. The van der Waals surface area contributed by atoms with E-state index >= 15 is 0 Å². The van der Waals surface area contributed by atoms with Gasteiger partial charge < -0.3 is 4.74 Å². The Morgan fingerprint density at radius 2 is 2.12 bits per heavy atom. The number of esters is 1. The number of benzene rings is 1. The molecule has 3 aromatic rings. The molecule has 0 radical (unpaired) electrons. The summed E-state index contributed by atoms with van der Waals surface area (Å²) in [7, 11) is 0. The standard InChI is InChI=1S/C17H15ClN4O2/c1-12(14-6-2-3-7-15(14)18)24-17(23)16-11-22(21-20-16)10-13-5-4-8-19-9-13/h2-9,11-12H,10H2,1H3. The monoisotopic (exact) mass is 342 g/mol. The second-order valence-corrected chi connectivity index (χ2v) is 5.64. The molecule has 0 bridgehead atoms. The van der Waals surface area contributed by atoms with Crippen molar-refractivity contribution in [2.45, 2.75) is 19.6 Å². The zero-order valence-electron chi connectivity index (χ0n) is 13.0. The SMILES string of the molecule is CC(OC(=O)c1cn(Cc2cccnc2)nn1)c1ccccc1Cl. The van der Waals surface area contributed by atoms with Gasteiger partial charge in [0.1, 0.15) is 6.10 Å². The second kappa shape index (κ2) is 7.23. The minimum atomic E-state index is -0.542. The van der Waals surface area contributed by atoms with E-state index in [2.05, 4.69) is 15.3 Å². The summed E-state index contributed by atoms with van der Waals surface area (Å²) in [6, 6.07) is 11.0. The topological polar surface area (TPSA) is 69.9 Å². The maximum absolute atomic E-state index is 12.2. The van der Waals surface area contributed by atoms with Crippen LogP contribution in [-0.2, 0) is 11.3 Å². The fraction of sp³-hybridized carbons (Fsp3) is 0.176. The van der Waals surface area contributed by atoms with Gasteiger partial charge in [-0.3, -0.25) is 4.98 Å². The van der Waals surface area contributed by atoms with Crippen LogP contribution >= 0.6 is 11.6 Å². The van der Waals surface area contributed by atoms with Gasteiger partial charge in [0, 0.05) is 23.0 Å². The van der Waals surface area contributed by atoms with Gasteiger partial charge in [0.05, 0.1) is 12.7 Å². The first-order valence-corrected chi connectivity index (χ1v) is 7.75. The normalized spacial score (nSPS) is 11.9. The molecule has 0 saturated carbocycles. The molecule has 2 aromatic heterocycles. The van der Waals surface area contributed by atoms with Crippen LogP contribution in [0.2, 0.25) is 5.02 Å². The van der Waals surface area contributed by atoms with Crippen LogP contribution < -0.4 is 0 Å². The zero-order chi connectivity index (χ0) is 16.9. The number of carbonyl (C=O) groups excluding carboxylic acids is 1. The summed E-state index contributed by atoms with van der Waals surface area (Å²) in [5, 5.41) is 8.36. The van der Waals surface area contributed by atoms with Crippen LogP contribution in [0.3, 0.4) is 0 Å². The van der Waals surface area contributed by atoms with Crippen molar-refractivity contribution in [3.8, 4) is 0 Å². The third-order valence-corrected chi connectivity index (χ3v) is 3.79. The fourth-order valence-corrected chi connectivity index (χ4v) is 2.53. The summed E-state index contributed by atoms with van der Waals surface area (Å²) in [5.74, 6) is -0.542. The summed E-state index contributed by atoms with van der Waals surface area (Å²) in [5.41, 5.74) is 1.86. The Kier molecular flexibility index (Phi) is 4.86. The Balaban J connectivity index is 1.67. The second-order valence-electron chi connectivity index (χ2n) is 5.23. The molecule has 3 rings (SSSR count). The molecule has 2 heterocycles. The van der Waals surface area contributed by atoms with Crippen molar-refractivity contribution in [1.82, 2.24) is 20.0 Å². The fourth-order valence-electron chi connectivity index (χ4n) is 2.24. The highest BCUT2D eigenvalue weighted by atomic mass is 35.5. The molecule has 1 atom stereocenters. The van der Waals surface area contributed by atoms with Crippen LogP contribution in [0, 0.1) is 0 Å². The molecule has 0 saturated heterocycles. The average Bonchev–Trinajstić information content (AvgIpc) is 3.04. The molecule has 0 spiro atoms. The van der Waals surface area contributed by atoms with Crippen molar-refractivity contribution >= 4 is 17.6 Å². The van der Waals surface area contributed by atoms with Gasteiger partial charge in [-0.25, -0.2) is 9.48 Å². The van der Waals surface area contributed by atoms with Crippen molar-refractivity contribution in [1.29, 1.82) is 0 Å². The van der Waals surface area contributed by atoms with Crippen molar-refractivity contribution in [3.05, 3.63) is 76.8 Å². The van der Waals surface area contributed by atoms with E-state index < -0.39 is 12.1 Å². The molecule has 0 amide bonds. The van der Waals surface area contributed by atoms with Crippen molar-refractivity contribution in [3.63, 3.8) is 0 Å². The molecule has 6 nitrogen and oxygen atoms in total. The molecule has 7 heteroatoms. The number of carbonyl (C=O) groups is 1. The highest BCUT2D eigenvalue weighted by molar-refractivity contribution is 6.31. The number of halogens is 1. The van der Waals surface area contributed by atoms with E-state index in [1.54, 1.807) is 36.3 Å². The van der Waals surface area contributed by atoms with E-state index in [4.69, 9.17) is 16.3 Å². The van der Waals surface area contributed by atoms with E-state index in [0.29, 0.717) is 11.6 Å². The van der Waals surface area contributed by atoms with Gasteiger partial charge in [0.15, 0.2) is 5.69 Å². The Morgan fingerprint density at radius 1 is 1.29 bits per heavy atom. The molecule has 1 unspecified atom stereocenters. The predicted molar refractivity (Wildman–Crippen MR) is 88.6 cm³/mol. The maximum Gasteiger partial charge on any atom is 0.361 e. The predicted octanol–water partition coefficient (Wildman–Crippen LogP) is 3.29. The van der Waals surface area contributed by atoms with Gasteiger partial charge in [0.25, 0.3) is 0 Å². The van der Waals surface area contributed by atoms with E-state index in [9.17, 15) is 4.79 Å². The van der Waals surface area contributed by atoms with E-state index in [-0.39, 0.29) is 5.69 Å². The largest absolute Gasteiger partial charge is 0.453 e. The number of pyridine rings is 1. The smallest absolute Gasteiger partial charge is 0.361 e. The first kappa shape index (κ1) is 16.1. The number of hydrogen-bond donors (Lipinski definition) is 0. The minimum Gasteiger partial charge on any atom is -0.453 e. The number of aromatic nitrogens is 4. The van der Waals surface area contributed by atoms with E-state index in [1.807, 2.05) is 30.3 Å². The first-order chi connectivity index (χ1) is 11.6. The molecule has 0 aliphatic rings. The van der Waals surface area contributed by atoms with Crippen molar-refractivity contribution in [2.24, 2.45) is 0 Å². The van der Waals surface area contributed by atoms with Gasteiger partial charge in [-0.1, -0.05) is 41.1 Å². The van der Waals surface area contributed by atoms with Crippen molar-refractivity contribution < 1.29 is 9.53 Å². The molecule has 0 N–H and O–H groups in total. The lowest BCUT2D eigenvalue weighted by Gasteiger charge is -2.13. The zero-order valence-corrected chi connectivity index (χ0v) is 13.7. The summed E-state index contributed by atoms with van der Waals surface area (Å²) < 4.78 is 6.98. The minimum absolute atomic E-state index is 0.151. The molecule has 0 aliphatic heterocycles. The maximum atomic E-state index is 12.2. The summed E-state index contributed by atoms with van der Waals surface area (Å²) in [6.45, 7) is 2.24. The first-order valence-electron chi connectivity index (χ1n) is 7.38. The number of rotatable bonds is 5. The molecular weight excluding hydrogens is 328 g/mol.